The molecule has 0 aromatic heterocycles. The Morgan fingerprint density at radius 2 is 1.67 bits per heavy atom. The first kappa shape index (κ1) is 31.7. The Labute approximate surface area is 253 Å². The molecule has 0 fully saturated rings. The van der Waals surface area contributed by atoms with E-state index < -0.39 is 16.1 Å². The standard InChI is InChI=1S/C32H39N3O7S/c1-4-33-32(37)28(21-24-10-6-5-7-11-24)34(23-25-12-8-13-27(20-25)40-2)31(36)14-9-17-35(43(3,38)39)26-15-16-29-30(22-26)42-19-18-41-29/h5-8,10-13,15-16,20,22,28H,4,9,14,17-19,21,23H2,1-3H3,(H,33,37). The minimum absolute atomic E-state index is 0.0330. The van der Waals surface area contributed by atoms with Crippen molar-refractivity contribution in [1.29, 1.82) is 0 Å². The fourth-order valence-corrected chi connectivity index (χ4v) is 5.96. The molecule has 1 atom stereocenters. The Bertz CT molecular complexity index is 1500. The zero-order valence-electron chi connectivity index (χ0n) is 24.8. The van der Waals surface area contributed by atoms with Gasteiger partial charge in [-0.25, -0.2) is 8.42 Å². The van der Waals surface area contributed by atoms with Gasteiger partial charge in [0.25, 0.3) is 0 Å². The molecule has 0 spiro atoms. The minimum atomic E-state index is -3.66. The van der Waals surface area contributed by atoms with Crippen LogP contribution in [0.1, 0.15) is 30.9 Å². The number of amides is 2. The van der Waals surface area contributed by atoms with Gasteiger partial charge in [0.2, 0.25) is 21.8 Å². The van der Waals surface area contributed by atoms with Gasteiger partial charge in [-0.1, -0.05) is 42.5 Å². The lowest BCUT2D eigenvalue weighted by Gasteiger charge is -2.32. The molecular formula is C32H39N3O7S. The van der Waals surface area contributed by atoms with E-state index in [1.165, 1.54) is 4.31 Å². The number of hydrogen-bond donors (Lipinski definition) is 1. The third-order valence-electron chi connectivity index (χ3n) is 7.08. The monoisotopic (exact) mass is 609 g/mol. The average molecular weight is 610 g/mol. The van der Waals surface area contributed by atoms with Gasteiger partial charge >= 0.3 is 0 Å². The summed E-state index contributed by atoms with van der Waals surface area (Å²) in [6.45, 7) is 3.32. The molecule has 0 bridgehead atoms. The third kappa shape index (κ3) is 8.63. The highest BCUT2D eigenvalue weighted by Crippen LogP contribution is 2.35. The second-order valence-corrected chi connectivity index (χ2v) is 12.1. The molecule has 1 unspecified atom stereocenters. The first-order chi connectivity index (χ1) is 20.7. The lowest BCUT2D eigenvalue weighted by Crippen LogP contribution is -2.50. The van der Waals surface area contributed by atoms with Gasteiger partial charge in [-0.3, -0.25) is 13.9 Å². The van der Waals surface area contributed by atoms with Gasteiger partial charge in [-0.2, -0.15) is 0 Å². The number of fused-ring (bicyclic) bond motifs is 1. The second kappa shape index (κ2) is 14.8. The Balaban J connectivity index is 1.57. The SMILES string of the molecule is CCNC(=O)C(Cc1ccccc1)N(Cc1cccc(OC)c1)C(=O)CCCN(c1ccc2c(c1)OCCO2)S(C)(=O)=O. The van der Waals surface area contributed by atoms with E-state index in [9.17, 15) is 18.0 Å². The number of benzene rings is 3. The zero-order chi connectivity index (χ0) is 30.8. The Kier molecular flexibility index (Phi) is 10.9. The van der Waals surface area contributed by atoms with Crippen molar-refractivity contribution in [1.82, 2.24) is 10.2 Å². The predicted octanol–water partition coefficient (Wildman–Crippen LogP) is 3.79. The van der Waals surface area contributed by atoms with Crippen LogP contribution in [0.3, 0.4) is 0 Å². The van der Waals surface area contributed by atoms with E-state index in [4.69, 9.17) is 14.2 Å². The van der Waals surface area contributed by atoms with Crippen LogP contribution < -0.4 is 23.8 Å². The molecular weight excluding hydrogens is 570 g/mol. The van der Waals surface area contributed by atoms with E-state index in [2.05, 4.69) is 5.32 Å². The van der Waals surface area contributed by atoms with Crippen LogP contribution in [-0.4, -0.2) is 70.8 Å². The summed E-state index contributed by atoms with van der Waals surface area (Å²) < 4.78 is 43.4. The summed E-state index contributed by atoms with van der Waals surface area (Å²) in [5, 5.41) is 2.88. The third-order valence-corrected chi connectivity index (χ3v) is 8.27. The first-order valence-corrected chi connectivity index (χ1v) is 16.2. The summed E-state index contributed by atoms with van der Waals surface area (Å²) in [5.74, 6) is 1.17. The van der Waals surface area contributed by atoms with E-state index in [1.807, 2.05) is 61.5 Å². The van der Waals surface area contributed by atoms with E-state index in [-0.39, 0.29) is 37.7 Å². The molecule has 1 N–H and O–H groups in total. The Morgan fingerprint density at radius 3 is 2.37 bits per heavy atom. The van der Waals surface area contributed by atoms with Crippen molar-refractivity contribution in [3.05, 3.63) is 83.9 Å². The van der Waals surface area contributed by atoms with Crippen LogP contribution >= 0.6 is 0 Å². The minimum Gasteiger partial charge on any atom is -0.497 e. The number of methoxy groups -OCH3 is 1. The topological polar surface area (TPSA) is 114 Å². The molecule has 2 amide bonds. The van der Waals surface area contributed by atoms with E-state index in [0.29, 0.717) is 49.1 Å². The molecule has 43 heavy (non-hydrogen) atoms. The van der Waals surface area contributed by atoms with E-state index in [1.54, 1.807) is 30.2 Å². The molecule has 1 aliphatic heterocycles. The van der Waals surface area contributed by atoms with Crippen LogP contribution in [0.15, 0.2) is 72.8 Å². The largest absolute Gasteiger partial charge is 0.497 e. The molecule has 3 aromatic rings. The predicted molar refractivity (Wildman–Crippen MR) is 165 cm³/mol. The highest BCUT2D eigenvalue weighted by Gasteiger charge is 2.30. The van der Waals surface area contributed by atoms with Gasteiger partial charge in [-0.15, -0.1) is 0 Å². The van der Waals surface area contributed by atoms with Crippen molar-refractivity contribution in [3.63, 3.8) is 0 Å². The second-order valence-electron chi connectivity index (χ2n) is 10.2. The molecule has 4 rings (SSSR count). The summed E-state index contributed by atoms with van der Waals surface area (Å²) in [4.78, 5) is 28.9. The number of carbonyl (C=O) groups excluding carboxylic acids is 2. The van der Waals surface area contributed by atoms with Gasteiger partial charge in [0.05, 0.1) is 19.1 Å². The molecule has 3 aromatic carbocycles. The van der Waals surface area contributed by atoms with Crippen molar-refractivity contribution >= 4 is 27.5 Å². The maximum absolute atomic E-state index is 13.9. The lowest BCUT2D eigenvalue weighted by atomic mass is 10.0. The van der Waals surface area contributed by atoms with Crippen molar-refractivity contribution in [2.75, 3.05) is 44.0 Å². The van der Waals surface area contributed by atoms with Crippen LogP contribution in [0, 0.1) is 0 Å². The molecule has 0 aliphatic carbocycles. The zero-order valence-corrected chi connectivity index (χ0v) is 25.6. The lowest BCUT2D eigenvalue weighted by molar-refractivity contribution is -0.141. The average Bonchev–Trinajstić information content (AvgIpc) is 3.00. The summed E-state index contributed by atoms with van der Waals surface area (Å²) in [6.07, 6.45) is 1.73. The fraction of sp³-hybridized carbons (Fsp3) is 0.375. The molecule has 10 nitrogen and oxygen atoms in total. The summed E-state index contributed by atoms with van der Waals surface area (Å²) in [7, 11) is -2.09. The van der Waals surface area contributed by atoms with Crippen LogP contribution in [0.2, 0.25) is 0 Å². The van der Waals surface area contributed by atoms with Crippen molar-refractivity contribution in [2.45, 2.75) is 38.8 Å². The summed E-state index contributed by atoms with van der Waals surface area (Å²) in [6, 6.07) is 21.1. The molecule has 0 saturated carbocycles. The number of anilines is 1. The fourth-order valence-electron chi connectivity index (χ4n) is 5.00. The Morgan fingerprint density at radius 1 is 0.953 bits per heavy atom. The molecule has 0 saturated heterocycles. The number of sulfonamides is 1. The van der Waals surface area contributed by atoms with Gasteiger partial charge in [-0.05, 0) is 48.7 Å². The Hall–Kier alpha value is -4.25. The van der Waals surface area contributed by atoms with E-state index in [0.717, 1.165) is 17.4 Å². The number of nitrogens with one attached hydrogen (secondary N) is 1. The van der Waals surface area contributed by atoms with Crippen LogP contribution in [0.5, 0.6) is 17.2 Å². The smallest absolute Gasteiger partial charge is 0.243 e. The van der Waals surface area contributed by atoms with Gasteiger partial charge in [0.15, 0.2) is 11.5 Å². The van der Waals surface area contributed by atoms with Crippen LogP contribution in [-0.2, 0) is 32.6 Å². The molecule has 1 heterocycles. The van der Waals surface area contributed by atoms with Crippen molar-refractivity contribution in [2.24, 2.45) is 0 Å². The van der Waals surface area contributed by atoms with Crippen LogP contribution in [0.25, 0.3) is 0 Å². The van der Waals surface area contributed by atoms with Crippen molar-refractivity contribution in [3.8, 4) is 17.2 Å². The number of ether oxygens (including phenoxy) is 3. The summed E-state index contributed by atoms with van der Waals surface area (Å²) in [5.41, 5.74) is 2.16. The van der Waals surface area contributed by atoms with Gasteiger partial charge in [0.1, 0.15) is 25.0 Å². The number of carbonyl (C=O) groups is 2. The quantitative estimate of drug-likeness (QED) is 0.296. The highest BCUT2D eigenvalue weighted by molar-refractivity contribution is 7.92. The maximum Gasteiger partial charge on any atom is 0.243 e. The normalized spacial score (nSPS) is 13.1. The number of nitrogens with zero attached hydrogens (tertiary/aromatic N) is 2. The number of likely N-dealkylation sites (N-methyl/N-ethyl adjacent to an activating group) is 1. The van der Waals surface area contributed by atoms with Crippen LogP contribution in [0.4, 0.5) is 5.69 Å². The van der Waals surface area contributed by atoms with Gasteiger partial charge in [0, 0.05) is 38.5 Å². The van der Waals surface area contributed by atoms with E-state index >= 15 is 0 Å². The highest BCUT2D eigenvalue weighted by atomic mass is 32.2. The maximum atomic E-state index is 13.9. The first-order valence-electron chi connectivity index (χ1n) is 14.3. The molecule has 230 valence electrons. The van der Waals surface area contributed by atoms with Gasteiger partial charge < -0.3 is 24.4 Å². The molecule has 11 heteroatoms. The molecule has 1 aliphatic rings. The number of hydrogen-bond acceptors (Lipinski definition) is 7. The number of rotatable bonds is 14. The molecule has 0 radical (unpaired) electrons. The van der Waals surface area contributed by atoms with Crippen molar-refractivity contribution < 1.29 is 32.2 Å². The summed E-state index contributed by atoms with van der Waals surface area (Å²) >= 11 is 0.